The van der Waals surface area contributed by atoms with Gasteiger partial charge in [-0.15, -0.1) is 0 Å². The zero-order chi connectivity index (χ0) is 15.5. The lowest BCUT2D eigenvalue weighted by atomic mass is 10.1. The highest BCUT2D eigenvalue weighted by molar-refractivity contribution is 6.30. The smallest absolute Gasteiger partial charge is 0.228 e. The van der Waals surface area contributed by atoms with E-state index < -0.39 is 5.82 Å². The van der Waals surface area contributed by atoms with Gasteiger partial charge in [-0.1, -0.05) is 35.9 Å². The second-order valence-electron chi connectivity index (χ2n) is 4.91. The van der Waals surface area contributed by atoms with E-state index in [1.54, 1.807) is 18.5 Å². The topological polar surface area (TPSA) is 42.0 Å². The maximum absolute atomic E-state index is 13.3. The predicted molar refractivity (Wildman–Crippen MR) is 85.5 cm³/mol. The van der Waals surface area contributed by atoms with Crippen LogP contribution in [0, 0.1) is 5.82 Å². The number of halogens is 2. The van der Waals surface area contributed by atoms with Gasteiger partial charge in [0, 0.05) is 22.0 Å². The molecule has 22 heavy (non-hydrogen) atoms. The summed E-state index contributed by atoms with van der Waals surface area (Å²) >= 11 is 5.79. The Hall–Kier alpha value is -2.46. The van der Waals surface area contributed by atoms with Crippen LogP contribution in [0.4, 0.5) is 10.1 Å². The summed E-state index contributed by atoms with van der Waals surface area (Å²) in [5.41, 5.74) is 1.15. The van der Waals surface area contributed by atoms with E-state index in [-0.39, 0.29) is 17.4 Å². The zero-order valence-electron chi connectivity index (χ0n) is 11.5. The zero-order valence-corrected chi connectivity index (χ0v) is 12.3. The summed E-state index contributed by atoms with van der Waals surface area (Å²) in [5.74, 6) is -0.707. The molecule has 0 saturated heterocycles. The molecule has 3 aromatic rings. The van der Waals surface area contributed by atoms with E-state index in [4.69, 9.17) is 11.6 Å². The third kappa shape index (κ3) is 3.23. The fourth-order valence-corrected chi connectivity index (χ4v) is 2.55. The van der Waals surface area contributed by atoms with Gasteiger partial charge in [0.05, 0.1) is 18.3 Å². The molecule has 0 bridgehead atoms. The third-order valence-electron chi connectivity index (χ3n) is 3.23. The molecule has 0 atom stereocenters. The van der Waals surface area contributed by atoms with Crippen molar-refractivity contribution >= 4 is 34.0 Å². The Morgan fingerprint density at radius 3 is 2.82 bits per heavy atom. The highest BCUT2D eigenvalue weighted by Gasteiger charge is 2.09. The van der Waals surface area contributed by atoms with Crippen molar-refractivity contribution in [3.05, 3.63) is 71.3 Å². The maximum Gasteiger partial charge on any atom is 0.228 e. The Kier molecular flexibility index (Phi) is 4.02. The van der Waals surface area contributed by atoms with E-state index in [2.05, 4.69) is 10.3 Å². The van der Waals surface area contributed by atoms with E-state index in [1.807, 2.05) is 24.3 Å². The summed E-state index contributed by atoms with van der Waals surface area (Å²) in [6.07, 6.45) is 3.37. The Labute approximate surface area is 131 Å². The normalized spacial score (nSPS) is 10.6. The lowest BCUT2D eigenvalue weighted by molar-refractivity contribution is -0.115. The van der Waals surface area contributed by atoms with Crippen LogP contribution in [-0.2, 0) is 11.2 Å². The van der Waals surface area contributed by atoms with Crippen LogP contribution in [0.5, 0.6) is 0 Å². The van der Waals surface area contributed by atoms with Crippen molar-refractivity contribution in [3.63, 3.8) is 0 Å². The van der Waals surface area contributed by atoms with E-state index in [0.717, 1.165) is 10.8 Å². The summed E-state index contributed by atoms with van der Waals surface area (Å²) < 4.78 is 13.3. The van der Waals surface area contributed by atoms with Gasteiger partial charge >= 0.3 is 0 Å². The monoisotopic (exact) mass is 314 g/mol. The van der Waals surface area contributed by atoms with Gasteiger partial charge in [-0.25, -0.2) is 4.39 Å². The van der Waals surface area contributed by atoms with E-state index in [1.165, 1.54) is 12.1 Å². The van der Waals surface area contributed by atoms with Gasteiger partial charge in [-0.05, 0) is 23.8 Å². The standard InChI is InChI=1S/C17H12ClFN2O/c18-13-5-11(6-14(19)8-13)7-17(22)21-16-10-20-9-12-3-1-2-4-15(12)16/h1-6,8-10H,7H2,(H,21,22). The molecule has 0 radical (unpaired) electrons. The minimum atomic E-state index is -0.456. The van der Waals surface area contributed by atoms with Crippen molar-refractivity contribution in [2.24, 2.45) is 0 Å². The van der Waals surface area contributed by atoms with Crippen LogP contribution < -0.4 is 5.32 Å². The SMILES string of the molecule is O=C(Cc1cc(F)cc(Cl)c1)Nc1cncc2ccccc12. The van der Waals surface area contributed by atoms with Crippen molar-refractivity contribution in [2.45, 2.75) is 6.42 Å². The molecular weight excluding hydrogens is 303 g/mol. The number of pyridine rings is 1. The maximum atomic E-state index is 13.3. The van der Waals surface area contributed by atoms with Crippen LogP contribution in [0.2, 0.25) is 5.02 Å². The molecule has 5 heteroatoms. The Morgan fingerprint density at radius 1 is 1.18 bits per heavy atom. The summed E-state index contributed by atoms with van der Waals surface area (Å²) in [5, 5.41) is 4.92. The molecule has 0 aliphatic heterocycles. The largest absolute Gasteiger partial charge is 0.324 e. The van der Waals surface area contributed by atoms with Crippen LogP contribution >= 0.6 is 11.6 Å². The lowest BCUT2D eigenvalue weighted by Gasteiger charge is -2.08. The minimum absolute atomic E-state index is 0.0424. The van der Waals surface area contributed by atoms with Gasteiger partial charge in [0.1, 0.15) is 5.82 Å². The van der Waals surface area contributed by atoms with Gasteiger partial charge < -0.3 is 5.32 Å². The van der Waals surface area contributed by atoms with E-state index in [9.17, 15) is 9.18 Å². The van der Waals surface area contributed by atoms with E-state index in [0.29, 0.717) is 11.3 Å². The fraction of sp³-hybridized carbons (Fsp3) is 0.0588. The number of carbonyl (C=O) groups is 1. The molecule has 0 aliphatic rings. The van der Waals surface area contributed by atoms with Crippen LogP contribution in [-0.4, -0.2) is 10.9 Å². The first-order chi connectivity index (χ1) is 10.6. The number of fused-ring (bicyclic) bond motifs is 1. The van der Waals surface area contributed by atoms with Crippen molar-refractivity contribution in [3.8, 4) is 0 Å². The number of nitrogens with zero attached hydrogens (tertiary/aromatic N) is 1. The molecule has 0 saturated carbocycles. The molecule has 3 nitrogen and oxygen atoms in total. The molecule has 2 aromatic carbocycles. The number of carbonyl (C=O) groups excluding carboxylic acids is 1. The Balaban J connectivity index is 1.81. The number of nitrogens with one attached hydrogen (secondary N) is 1. The molecule has 0 unspecified atom stereocenters. The van der Waals surface area contributed by atoms with Crippen molar-refractivity contribution < 1.29 is 9.18 Å². The van der Waals surface area contributed by atoms with Crippen molar-refractivity contribution in [1.82, 2.24) is 4.98 Å². The van der Waals surface area contributed by atoms with Crippen molar-refractivity contribution in [2.75, 3.05) is 5.32 Å². The quantitative estimate of drug-likeness (QED) is 0.787. The number of benzene rings is 2. The average molecular weight is 315 g/mol. The average Bonchev–Trinajstić information content (AvgIpc) is 2.46. The summed E-state index contributed by atoms with van der Waals surface area (Å²) in [7, 11) is 0. The first-order valence-corrected chi connectivity index (χ1v) is 7.07. The first-order valence-electron chi connectivity index (χ1n) is 6.69. The molecule has 1 amide bonds. The molecule has 1 N–H and O–H groups in total. The van der Waals surface area contributed by atoms with Crippen molar-refractivity contribution in [1.29, 1.82) is 0 Å². The molecule has 0 aliphatic carbocycles. The molecule has 0 fully saturated rings. The van der Waals surface area contributed by atoms with Crippen LogP contribution in [0.1, 0.15) is 5.56 Å². The molecule has 1 heterocycles. The van der Waals surface area contributed by atoms with Gasteiger partial charge in [-0.2, -0.15) is 0 Å². The second-order valence-corrected chi connectivity index (χ2v) is 5.35. The number of hydrogen-bond acceptors (Lipinski definition) is 2. The molecular formula is C17H12ClFN2O. The Bertz CT molecular complexity index is 825. The fourth-order valence-electron chi connectivity index (χ4n) is 2.31. The molecule has 1 aromatic heterocycles. The molecule has 0 spiro atoms. The highest BCUT2D eigenvalue weighted by atomic mass is 35.5. The lowest BCUT2D eigenvalue weighted by Crippen LogP contribution is -2.15. The van der Waals surface area contributed by atoms with Crippen LogP contribution in [0.25, 0.3) is 10.8 Å². The summed E-state index contributed by atoms with van der Waals surface area (Å²) in [6, 6.07) is 11.7. The highest BCUT2D eigenvalue weighted by Crippen LogP contribution is 2.22. The number of anilines is 1. The van der Waals surface area contributed by atoms with Crippen LogP contribution in [0.15, 0.2) is 54.9 Å². The van der Waals surface area contributed by atoms with Gasteiger partial charge in [0.25, 0.3) is 0 Å². The van der Waals surface area contributed by atoms with Gasteiger partial charge in [0.15, 0.2) is 0 Å². The van der Waals surface area contributed by atoms with Gasteiger partial charge in [-0.3, -0.25) is 9.78 Å². The number of rotatable bonds is 3. The summed E-state index contributed by atoms with van der Waals surface area (Å²) in [4.78, 5) is 16.2. The van der Waals surface area contributed by atoms with E-state index >= 15 is 0 Å². The molecule has 3 rings (SSSR count). The van der Waals surface area contributed by atoms with Crippen LogP contribution in [0.3, 0.4) is 0 Å². The molecule has 110 valence electrons. The number of amides is 1. The second kappa shape index (κ2) is 6.12. The number of hydrogen-bond donors (Lipinski definition) is 1. The third-order valence-corrected chi connectivity index (χ3v) is 3.45. The Morgan fingerprint density at radius 2 is 2.00 bits per heavy atom. The van der Waals surface area contributed by atoms with Gasteiger partial charge in [0.2, 0.25) is 5.91 Å². The summed E-state index contributed by atoms with van der Waals surface area (Å²) in [6.45, 7) is 0. The number of aromatic nitrogens is 1. The first kappa shape index (κ1) is 14.5. The predicted octanol–water partition coefficient (Wildman–Crippen LogP) is 4.21. The minimum Gasteiger partial charge on any atom is -0.324 e.